The number of nitrogens with zero attached hydrogens (tertiary/aromatic N) is 3. The SMILES string of the molecule is Cn1nnc(NS(=O)(=O)Cc2cc(Cl)ccc2F)c1C(F)F. The third kappa shape index (κ3) is 3.69. The summed E-state index contributed by atoms with van der Waals surface area (Å²) >= 11 is 5.67. The number of sulfonamides is 1. The highest BCUT2D eigenvalue weighted by molar-refractivity contribution is 7.91. The molecule has 0 bridgehead atoms. The van der Waals surface area contributed by atoms with Crippen LogP contribution in [0.25, 0.3) is 0 Å². The van der Waals surface area contributed by atoms with E-state index in [1.807, 2.05) is 4.72 Å². The normalized spacial score (nSPS) is 11.9. The minimum absolute atomic E-state index is 0.152. The molecule has 22 heavy (non-hydrogen) atoms. The van der Waals surface area contributed by atoms with Crippen molar-refractivity contribution in [3.8, 4) is 0 Å². The Bertz CT molecular complexity index is 795. The van der Waals surface area contributed by atoms with Crippen LogP contribution >= 0.6 is 11.6 Å². The van der Waals surface area contributed by atoms with E-state index in [1.54, 1.807) is 0 Å². The Kier molecular flexibility index (Phi) is 4.61. The van der Waals surface area contributed by atoms with Gasteiger partial charge < -0.3 is 0 Å². The first-order valence-corrected chi connectivity index (χ1v) is 7.85. The molecule has 0 fully saturated rings. The van der Waals surface area contributed by atoms with E-state index in [-0.39, 0.29) is 10.6 Å². The Hall–Kier alpha value is -1.81. The van der Waals surface area contributed by atoms with Gasteiger partial charge in [0, 0.05) is 17.6 Å². The molecule has 1 N–H and O–H groups in total. The number of hydrogen-bond donors (Lipinski definition) is 1. The number of aromatic nitrogens is 3. The summed E-state index contributed by atoms with van der Waals surface area (Å²) < 4.78 is 65.8. The van der Waals surface area contributed by atoms with Crippen LogP contribution in [0, 0.1) is 5.82 Å². The predicted octanol–water partition coefficient (Wildman–Crippen LogP) is 2.49. The second-order valence-corrected chi connectivity index (χ2v) is 6.50. The van der Waals surface area contributed by atoms with E-state index in [1.165, 1.54) is 13.1 Å². The first-order valence-electron chi connectivity index (χ1n) is 5.82. The van der Waals surface area contributed by atoms with Crippen molar-refractivity contribution in [3.05, 3.63) is 40.3 Å². The summed E-state index contributed by atoms with van der Waals surface area (Å²) in [4.78, 5) is 0. The molecule has 0 spiro atoms. The van der Waals surface area contributed by atoms with E-state index in [4.69, 9.17) is 11.6 Å². The molecule has 0 atom stereocenters. The van der Waals surface area contributed by atoms with Crippen LogP contribution < -0.4 is 4.72 Å². The fourth-order valence-electron chi connectivity index (χ4n) is 1.72. The Labute approximate surface area is 128 Å². The average Bonchev–Trinajstić information content (AvgIpc) is 2.73. The largest absolute Gasteiger partial charge is 0.283 e. The number of benzene rings is 1. The van der Waals surface area contributed by atoms with Crippen LogP contribution in [0.4, 0.5) is 19.0 Å². The highest BCUT2D eigenvalue weighted by Gasteiger charge is 2.24. The van der Waals surface area contributed by atoms with Crippen molar-refractivity contribution in [2.24, 2.45) is 7.05 Å². The zero-order valence-corrected chi connectivity index (χ0v) is 12.7. The lowest BCUT2D eigenvalue weighted by molar-refractivity contribution is 0.141. The van der Waals surface area contributed by atoms with Crippen molar-refractivity contribution in [2.75, 3.05) is 4.72 Å². The Morgan fingerprint density at radius 3 is 2.73 bits per heavy atom. The van der Waals surface area contributed by atoms with Gasteiger partial charge in [0.1, 0.15) is 11.5 Å². The van der Waals surface area contributed by atoms with Crippen molar-refractivity contribution in [3.63, 3.8) is 0 Å². The molecule has 0 amide bonds. The van der Waals surface area contributed by atoms with Gasteiger partial charge in [-0.3, -0.25) is 4.72 Å². The summed E-state index contributed by atoms with van der Waals surface area (Å²) in [6.07, 6.45) is -2.97. The van der Waals surface area contributed by atoms with Gasteiger partial charge in [0.15, 0.2) is 5.82 Å². The number of rotatable bonds is 5. The molecule has 0 saturated carbocycles. The summed E-state index contributed by atoms with van der Waals surface area (Å²) in [5, 5.41) is 6.80. The molecule has 11 heteroatoms. The lowest BCUT2D eigenvalue weighted by Crippen LogP contribution is -2.17. The summed E-state index contributed by atoms with van der Waals surface area (Å²) in [5.74, 6) is -2.15. The number of alkyl halides is 2. The van der Waals surface area contributed by atoms with Gasteiger partial charge in [-0.25, -0.2) is 26.3 Å². The lowest BCUT2D eigenvalue weighted by Gasteiger charge is -2.08. The van der Waals surface area contributed by atoms with E-state index in [0.717, 1.165) is 16.8 Å². The monoisotopic (exact) mass is 354 g/mol. The highest BCUT2D eigenvalue weighted by atomic mass is 35.5. The minimum atomic E-state index is -4.17. The Morgan fingerprint density at radius 1 is 1.41 bits per heavy atom. The molecule has 0 aliphatic heterocycles. The standard InChI is InChI=1S/C11H10ClF3N4O2S/c1-19-9(10(14)15)11(16-18-19)17-22(20,21)5-6-4-7(12)2-3-8(6)13/h2-4,10,17H,5H2,1H3. The quantitative estimate of drug-likeness (QED) is 0.895. The van der Waals surface area contributed by atoms with Gasteiger partial charge >= 0.3 is 0 Å². The average molecular weight is 355 g/mol. The molecule has 1 aromatic heterocycles. The van der Waals surface area contributed by atoms with Gasteiger partial charge in [-0.1, -0.05) is 16.8 Å². The van der Waals surface area contributed by atoms with E-state index >= 15 is 0 Å². The fraction of sp³-hybridized carbons (Fsp3) is 0.273. The predicted molar refractivity (Wildman–Crippen MR) is 73.6 cm³/mol. The zero-order chi connectivity index (χ0) is 16.5. The van der Waals surface area contributed by atoms with Gasteiger partial charge in [0.2, 0.25) is 10.0 Å². The van der Waals surface area contributed by atoms with Crippen molar-refractivity contribution in [2.45, 2.75) is 12.2 Å². The van der Waals surface area contributed by atoms with Crippen LogP contribution in [0.5, 0.6) is 0 Å². The van der Waals surface area contributed by atoms with Gasteiger partial charge in [0.25, 0.3) is 6.43 Å². The molecule has 2 aromatic rings. The number of halogens is 4. The maximum atomic E-state index is 13.5. The first kappa shape index (κ1) is 16.6. The van der Waals surface area contributed by atoms with Crippen molar-refractivity contribution >= 4 is 27.4 Å². The van der Waals surface area contributed by atoms with Gasteiger partial charge in [-0.05, 0) is 18.2 Å². The number of nitrogens with one attached hydrogen (secondary N) is 1. The second-order valence-electron chi connectivity index (χ2n) is 4.34. The number of hydrogen-bond acceptors (Lipinski definition) is 4. The molecule has 120 valence electrons. The van der Waals surface area contributed by atoms with Crippen molar-refractivity contribution in [1.82, 2.24) is 15.0 Å². The maximum absolute atomic E-state index is 13.5. The maximum Gasteiger partial charge on any atom is 0.283 e. The minimum Gasteiger partial charge on any atom is -0.264 e. The molecule has 0 saturated heterocycles. The Morgan fingerprint density at radius 2 is 2.09 bits per heavy atom. The van der Waals surface area contributed by atoms with Crippen LogP contribution in [0.2, 0.25) is 5.02 Å². The summed E-state index contributed by atoms with van der Waals surface area (Å²) in [6.45, 7) is 0. The van der Waals surface area contributed by atoms with Crippen LogP contribution in [-0.2, 0) is 22.8 Å². The van der Waals surface area contributed by atoms with Gasteiger partial charge in [0.05, 0.1) is 5.75 Å². The molecular weight excluding hydrogens is 345 g/mol. The fourth-order valence-corrected chi connectivity index (χ4v) is 3.06. The molecule has 0 aliphatic carbocycles. The smallest absolute Gasteiger partial charge is 0.264 e. The summed E-state index contributed by atoms with van der Waals surface area (Å²) in [6, 6.07) is 3.42. The van der Waals surface area contributed by atoms with Gasteiger partial charge in [-0.15, -0.1) is 5.10 Å². The third-order valence-electron chi connectivity index (χ3n) is 2.68. The number of aryl methyl sites for hydroxylation is 1. The molecule has 2 rings (SSSR count). The van der Waals surface area contributed by atoms with Gasteiger partial charge in [-0.2, -0.15) is 0 Å². The van der Waals surface area contributed by atoms with Crippen LogP contribution in [0.1, 0.15) is 17.7 Å². The molecule has 6 nitrogen and oxygen atoms in total. The molecule has 0 aliphatic rings. The lowest BCUT2D eigenvalue weighted by atomic mass is 10.2. The van der Waals surface area contributed by atoms with Crippen LogP contribution in [-0.4, -0.2) is 23.4 Å². The zero-order valence-electron chi connectivity index (χ0n) is 11.1. The topological polar surface area (TPSA) is 76.9 Å². The van der Waals surface area contributed by atoms with E-state index in [2.05, 4.69) is 10.3 Å². The van der Waals surface area contributed by atoms with E-state index in [0.29, 0.717) is 0 Å². The molecule has 0 unspecified atom stereocenters. The molecule has 1 aromatic carbocycles. The number of anilines is 1. The second kappa shape index (κ2) is 6.13. The summed E-state index contributed by atoms with van der Waals surface area (Å²) in [7, 11) is -2.97. The van der Waals surface area contributed by atoms with Crippen molar-refractivity contribution < 1.29 is 21.6 Å². The highest BCUT2D eigenvalue weighted by Crippen LogP contribution is 2.26. The van der Waals surface area contributed by atoms with E-state index in [9.17, 15) is 21.6 Å². The molecule has 1 heterocycles. The molecule has 0 radical (unpaired) electrons. The first-order chi connectivity index (χ1) is 10.2. The third-order valence-corrected chi connectivity index (χ3v) is 4.11. The van der Waals surface area contributed by atoms with Crippen LogP contribution in [0.3, 0.4) is 0 Å². The Balaban J connectivity index is 2.27. The van der Waals surface area contributed by atoms with Crippen LogP contribution in [0.15, 0.2) is 18.2 Å². The molecular formula is C11H10ClF3N4O2S. The van der Waals surface area contributed by atoms with E-state index < -0.39 is 39.5 Å². The van der Waals surface area contributed by atoms with Crippen molar-refractivity contribution in [1.29, 1.82) is 0 Å². The summed E-state index contributed by atoms with van der Waals surface area (Å²) in [5.41, 5.74) is -0.877.